The molecule has 2 bridgehead atoms. The SMILES string of the molecule is CC(C)[C@H]1NC(=O)C[C@H]2/C=C/CCSSCC(NC1=O)C(=O)N[C@@H](C)C(=O)NCC(=O)O2. The molecule has 2 aliphatic heterocycles. The lowest BCUT2D eigenvalue weighted by atomic mass is 10.0. The van der Waals surface area contributed by atoms with Crippen LogP contribution in [0.25, 0.3) is 0 Å². The first kappa shape index (κ1) is 26.0. The summed E-state index contributed by atoms with van der Waals surface area (Å²) in [5.41, 5.74) is 0. The van der Waals surface area contributed by atoms with E-state index in [0.29, 0.717) is 6.42 Å². The highest BCUT2D eigenvalue weighted by Crippen LogP contribution is 2.23. The van der Waals surface area contributed by atoms with Gasteiger partial charge in [-0.2, -0.15) is 0 Å². The molecule has 4 N–H and O–H groups in total. The van der Waals surface area contributed by atoms with Crippen molar-refractivity contribution in [2.45, 2.75) is 57.8 Å². The molecule has 2 heterocycles. The number of carbonyl (C=O) groups is 5. The summed E-state index contributed by atoms with van der Waals surface area (Å²) in [6.07, 6.45) is 3.12. The Balaban J connectivity index is 2.40. The molecular formula is C20H30N4O6S2. The molecular weight excluding hydrogens is 456 g/mol. The normalized spacial score (nSPS) is 30.3. The van der Waals surface area contributed by atoms with Crippen LogP contribution in [0, 0.1) is 5.92 Å². The van der Waals surface area contributed by atoms with E-state index in [1.807, 2.05) is 6.08 Å². The molecule has 0 aliphatic carbocycles. The minimum Gasteiger partial charge on any atom is -0.456 e. The molecule has 0 saturated carbocycles. The van der Waals surface area contributed by atoms with Gasteiger partial charge in [0.1, 0.15) is 30.8 Å². The molecule has 178 valence electrons. The zero-order valence-electron chi connectivity index (χ0n) is 18.3. The van der Waals surface area contributed by atoms with Crippen molar-refractivity contribution < 1.29 is 28.7 Å². The van der Waals surface area contributed by atoms with Crippen LogP contribution in [-0.2, 0) is 28.7 Å². The molecule has 1 unspecified atom stereocenters. The second kappa shape index (κ2) is 12.7. The number of fused-ring (bicyclic) bond motifs is 7. The molecule has 0 aromatic rings. The first-order chi connectivity index (χ1) is 15.2. The van der Waals surface area contributed by atoms with Crippen molar-refractivity contribution in [2.24, 2.45) is 5.92 Å². The van der Waals surface area contributed by atoms with Gasteiger partial charge in [0.05, 0.1) is 6.42 Å². The molecule has 4 atom stereocenters. The maximum absolute atomic E-state index is 12.9. The number of allylic oxidation sites excluding steroid dienone is 1. The van der Waals surface area contributed by atoms with E-state index in [9.17, 15) is 24.0 Å². The van der Waals surface area contributed by atoms with Crippen molar-refractivity contribution in [3.05, 3.63) is 12.2 Å². The third-order valence-corrected chi connectivity index (χ3v) is 7.21. The smallest absolute Gasteiger partial charge is 0.326 e. The second-order valence-corrected chi connectivity index (χ2v) is 10.5. The van der Waals surface area contributed by atoms with Crippen LogP contribution in [0.4, 0.5) is 0 Å². The highest BCUT2D eigenvalue weighted by molar-refractivity contribution is 8.76. The summed E-state index contributed by atoms with van der Waals surface area (Å²) < 4.78 is 5.36. The minimum atomic E-state index is -0.924. The molecule has 0 aromatic carbocycles. The number of ether oxygens (including phenoxy) is 1. The molecule has 0 spiro atoms. The minimum absolute atomic E-state index is 0.172. The summed E-state index contributed by atoms with van der Waals surface area (Å²) in [5, 5.41) is 10.4. The molecule has 10 nitrogen and oxygen atoms in total. The molecule has 4 amide bonds. The Bertz CT molecular complexity index is 760. The summed E-state index contributed by atoms with van der Waals surface area (Å²) in [4.78, 5) is 62.9. The predicted molar refractivity (Wildman–Crippen MR) is 122 cm³/mol. The lowest BCUT2D eigenvalue weighted by Gasteiger charge is -2.26. The van der Waals surface area contributed by atoms with Gasteiger partial charge in [-0.25, -0.2) is 0 Å². The Morgan fingerprint density at radius 2 is 1.75 bits per heavy atom. The van der Waals surface area contributed by atoms with Crippen LogP contribution in [0.5, 0.6) is 0 Å². The van der Waals surface area contributed by atoms with Gasteiger partial charge in [0.2, 0.25) is 23.6 Å². The van der Waals surface area contributed by atoms with Gasteiger partial charge in [-0.05, 0) is 25.3 Å². The van der Waals surface area contributed by atoms with Crippen molar-refractivity contribution in [2.75, 3.05) is 18.1 Å². The van der Waals surface area contributed by atoms with Crippen LogP contribution < -0.4 is 21.3 Å². The molecule has 2 aliphatic rings. The highest BCUT2D eigenvalue weighted by atomic mass is 33.1. The molecule has 12 heteroatoms. The van der Waals surface area contributed by atoms with E-state index in [-0.39, 0.29) is 18.1 Å². The summed E-state index contributed by atoms with van der Waals surface area (Å²) in [5.74, 6) is -2.01. The van der Waals surface area contributed by atoms with Gasteiger partial charge in [0.15, 0.2) is 0 Å². The number of esters is 1. The van der Waals surface area contributed by atoms with Crippen LogP contribution in [0.2, 0.25) is 0 Å². The average Bonchev–Trinajstić information content (AvgIpc) is 2.72. The predicted octanol–water partition coefficient (Wildman–Crippen LogP) is -0.110. The third-order valence-electron chi connectivity index (χ3n) is 4.76. The van der Waals surface area contributed by atoms with Crippen LogP contribution >= 0.6 is 21.6 Å². The highest BCUT2D eigenvalue weighted by Gasteiger charge is 2.31. The van der Waals surface area contributed by atoms with E-state index in [0.717, 1.165) is 5.75 Å². The number of rotatable bonds is 1. The zero-order valence-corrected chi connectivity index (χ0v) is 20.0. The van der Waals surface area contributed by atoms with E-state index in [1.54, 1.807) is 19.9 Å². The van der Waals surface area contributed by atoms with Gasteiger partial charge < -0.3 is 26.0 Å². The van der Waals surface area contributed by atoms with Gasteiger partial charge in [-0.3, -0.25) is 24.0 Å². The van der Waals surface area contributed by atoms with Crippen molar-refractivity contribution in [1.29, 1.82) is 0 Å². The monoisotopic (exact) mass is 486 g/mol. The third kappa shape index (κ3) is 8.38. The van der Waals surface area contributed by atoms with Gasteiger partial charge in [0.25, 0.3) is 0 Å². The van der Waals surface area contributed by atoms with E-state index in [4.69, 9.17) is 4.74 Å². The van der Waals surface area contributed by atoms with Gasteiger partial charge >= 0.3 is 5.97 Å². The number of nitrogens with one attached hydrogen (secondary N) is 4. The van der Waals surface area contributed by atoms with Crippen LogP contribution in [0.1, 0.15) is 33.6 Å². The van der Waals surface area contributed by atoms with Crippen molar-refractivity contribution in [1.82, 2.24) is 21.3 Å². The number of hydrogen-bond acceptors (Lipinski definition) is 8. The van der Waals surface area contributed by atoms with Gasteiger partial charge in [0, 0.05) is 11.5 Å². The maximum Gasteiger partial charge on any atom is 0.326 e. The molecule has 0 aromatic heterocycles. The Morgan fingerprint density at radius 3 is 2.47 bits per heavy atom. The fraction of sp³-hybridized carbons (Fsp3) is 0.650. The summed E-state index contributed by atoms with van der Waals surface area (Å²) in [6, 6.07) is -2.71. The van der Waals surface area contributed by atoms with Crippen molar-refractivity contribution >= 4 is 51.2 Å². The topological polar surface area (TPSA) is 143 Å². The molecule has 0 radical (unpaired) electrons. The maximum atomic E-state index is 12.9. The summed E-state index contributed by atoms with van der Waals surface area (Å²) >= 11 is 0. The van der Waals surface area contributed by atoms with E-state index in [1.165, 1.54) is 28.5 Å². The Labute approximate surface area is 195 Å². The van der Waals surface area contributed by atoms with Crippen LogP contribution in [0.15, 0.2) is 12.2 Å². The Kier molecular flexibility index (Phi) is 10.4. The van der Waals surface area contributed by atoms with Gasteiger partial charge in [-0.15, -0.1) is 0 Å². The van der Waals surface area contributed by atoms with Crippen LogP contribution in [-0.4, -0.2) is 71.9 Å². The first-order valence-corrected chi connectivity index (χ1v) is 12.9. The Morgan fingerprint density at radius 1 is 1.00 bits per heavy atom. The lowest BCUT2D eigenvalue weighted by Crippen LogP contribution is -2.58. The summed E-state index contributed by atoms with van der Waals surface area (Å²) in [7, 11) is 2.96. The van der Waals surface area contributed by atoms with E-state index < -0.39 is 60.4 Å². The fourth-order valence-corrected chi connectivity index (χ4v) is 5.14. The standard InChI is InChI=1S/C20H30N4O6S2/c1-11(2)17-20(29)23-14-10-32-31-7-5-4-6-13(8-15(25)24-17)30-16(26)9-21-18(27)12(3)22-19(14)28/h4,6,11-14,17H,5,7-10H2,1-3H3,(H,21,27)(H,22,28)(H,23,29)(H,24,25)/b6-4+/t12-,13+,14?,17+/m0/s1. The number of amides is 4. The first-order valence-electron chi connectivity index (χ1n) is 10.5. The molecule has 32 heavy (non-hydrogen) atoms. The number of hydrogen-bond donors (Lipinski definition) is 4. The summed E-state index contributed by atoms with van der Waals surface area (Å²) in [6.45, 7) is 4.64. The average molecular weight is 487 g/mol. The van der Waals surface area contributed by atoms with Crippen LogP contribution in [0.3, 0.4) is 0 Å². The van der Waals surface area contributed by atoms with Crippen molar-refractivity contribution in [3.63, 3.8) is 0 Å². The van der Waals surface area contributed by atoms with E-state index >= 15 is 0 Å². The van der Waals surface area contributed by atoms with E-state index in [2.05, 4.69) is 21.3 Å². The molecule has 1 saturated heterocycles. The quantitative estimate of drug-likeness (QED) is 0.228. The van der Waals surface area contributed by atoms with Crippen molar-refractivity contribution in [3.8, 4) is 0 Å². The molecule has 1 fully saturated rings. The second-order valence-electron chi connectivity index (χ2n) is 7.85. The zero-order chi connectivity index (χ0) is 23.7. The molecule has 2 rings (SSSR count). The number of carbonyl (C=O) groups excluding carboxylic acids is 5. The Hall–Kier alpha value is -2.21. The van der Waals surface area contributed by atoms with Gasteiger partial charge in [-0.1, -0.05) is 41.5 Å². The lowest BCUT2D eigenvalue weighted by molar-refractivity contribution is -0.148. The fourth-order valence-electron chi connectivity index (χ4n) is 2.99. The largest absolute Gasteiger partial charge is 0.456 e.